The highest BCUT2D eigenvalue weighted by Crippen LogP contribution is 2.30. The highest BCUT2D eigenvalue weighted by atomic mass is 16.1. The van der Waals surface area contributed by atoms with E-state index >= 15 is 0 Å². The predicted molar refractivity (Wildman–Crippen MR) is 65.0 cm³/mol. The van der Waals surface area contributed by atoms with E-state index in [1.807, 2.05) is 0 Å². The lowest BCUT2D eigenvalue weighted by Crippen LogP contribution is -2.50. The van der Waals surface area contributed by atoms with Crippen molar-refractivity contribution in [3.63, 3.8) is 0 Å². The molecule has 2 rings (SSSR count). The second kappa shape index (κ2) is 5.17. The van der Waals surface area contributed by atoms with E-state index in [0.717, 1.165) is 19.4 Å². The number of carbonyl (C=O) groups excluding carboxylic acids is 1. The van der Waals surface area contributed by atoms with Crippen LogP contribution in [0.5, 0.6) is 0 Å². The van der Waals surface area contributed by atoms with E-state index in [9.17, 15) is 4.79 Å². The molecule has 1 amide bonds. The number of carbonyl (C=O) groups is 1. The first-order valence-corrected chi connectivity index (χ1v) is 6.73. The molecule has 0 aromatic carbocycles. The van der Waals surface area contributed by atoms with E-state index < -0.39 is 0 Å². The first-order chi connectivity index (χ1) is 7.68. The van der Waals surface area contributed by atoms with Crippen LogP contribution in [0.4, 0.5) is 0 Å². The number of nitrogens with zero attached hydrogens (tertiary/aromatic N) is 1. The minimum absolute atomic E-state index is 0.0955. The molecular formula is C13H24N2O. The first-order valence-electron chi connectivity index (χ1n) is 6.73. The Hall–Kier alpha value is -0.570. The summed E-state index contributed by atoms with van der Waals surface area (Å²) in [6.07, 6.45) is 8.84. The third-order valence-corrected chi connectivity index (χ3v) is 4.38. The summed E-state index contributed by atoms with van der Waals surface area (Å²) in [6.45, 7) is 3.20. The highest BCUT2D eigenvalue weighted by Gasteiger charge is 2.33. The van der Waals surface area contributed by atoms with Crippen LogP contribution in [-0.4, -0.2) is 29.4 Å². The minimum Gasteiger partial charge on any atom is -0.369 e. The van der Waals surface area contributed by atoms with Gasteiger partial charge in [0.1, 0.15) is 0 Å². The molecule has 0 aromatic heterocycles. The number of hydrogen-bond acceptors (Lipinski definition) is 2. The van der Waals surface area contributed by atoms with Gasteiger partial charge in [0.25, 0.3) is 0 Å². The molecule has 1 heterocycles. The van der Waals surface area contributed by atoms with Gasteiger partial charge in [-0.1, -0.05) is 19.3 Å². The van der Waals surface area contributed by atoms with Crippen molar-refractivity contribution in [1.82, 2.24) is 4.90 Å². The van der Waals surface area contributed by atoms with Crippen LogP contribution in [0.2, 0.25) is 0 Å². The molecule has 92 valence electrons. The van der Waals surface area contributed by atoms with Crippen LogP contribution in [0.25, 0.3) is 0 Å². The highest BCUT2D eigenvalue weighted by molar-refractivity contribution is 5.77. The Kier molecular flexibility index (Phi) is 3.85. The molecule has 0 bridgehead atoms. The molecule has 2 unspecified atom stereocenters. The van der Waals surface area contributed by atoms with Gasteiger partial charge in [-0.3, -0.25) is 9.69 Å². The van der Waals surface area contributed by atoms with E-state index in [4.69, 9.17) is 5.73 Å². The van der Waals surface area contributed by atoms with Crippen LogP contribution in [0, 0.1) is 5.92 Å². The number of nitrogens with two attached hydrogens (primary N) is 1. The van der Waals surface area contributed by atoms with Crippen molar-refractivity contribution in [2.24, 2.45) is 11.7 Å². The lowest BCUT2D eigenvalue weighted by atomic mass is 9.87. The van der Waals surface area contributed by atoms with Crippen LogP contribution in [0.3, 0.4) is 0 Å². The molecule has 3 heteroatoms. The number of likely N-dealkylation sites (tertiary alicyclic amines) is 1. The Morgan fingerprint density at radius 1 is 1.12 bits per heavy atom. The van der Waals surface area contributed by atoms with Crippen molar-refractivity contribution >= 4 is 5.91 Å². The molecule has 1 aliphatic carbocycles. The zero-order chi connectivity index (χ0) is 11.5. The quantitative estimate of drug-likeness (QED) is 0.778. The molecule has 2 aliphatic rings. The van der Waals surface area contributed by atoms with Crippen molar-refractivity contribution in [3.8, 4) is 0 Å². The Labute approximate surface area is 98.4 Å². The molecular weight excluding hydrogens is 200 g/mol. The lowest BCUT2D eigenvalue weighted by Gasteiger charge is -2.43. The van der Waals surface area contributed by atoms with Crippen molar-refractivity contribution in [2.45, 2.75) is 64.0 Å². The first kappa shape index (κ1) is 11.9. The van der Waals surface area contributed by atoms with Gasteiger partial charge in [-0.25, -0.2) is 0 Å². The molecule has 2 N–H and O–H groups in total. The van der Waals surface area contributed by atoms with Gasteiger partial charge in [0.2, 0.25) is 5.91 Å². The van der Waals surface area contributed by atoms with Gasteiger partial charge in [-0.15, -0.1) is 0 Å². The molecule has 0 radical (unpaired) electrons. The fourth-order valence-electron chi connectivity index (χ4n) is 3.29. The zero-order valence-corrected chi connectivity index (χ0v) is 10.3. The van der Waals surface area contributed by atoms with E-state index in [-0.39, 0.29) is 11.8 Å². The number of hydrogen-bond donors (Lipinski definition) is 1. The number of amides is 1. The molecule has 0 aromatic rings. The molecule has 1 saturated carbocycles. The summed E-state index contributed by atoms with van der Waals surface area (Å²) in [6, 6.07) is 1.35. The maximum absolute atomic E-state index is 11.3. The van der Waals surface area contributed by atoms with Crippen LogP contribution in [0.1, 0.15) is 51.9 Å². The SMILES string of the molecule is CC1CCC(C(N)=O)CN1C1CCCCC1. The van der Waals surface area contributed by atoms with E-state index in [0.29, 0.717) is 12.1 Å². The fourth-order valence-corrected chi connectivity index (χ4v) is 3.29. The lowest BCUT2D eigenvalue weighted by molar-refractivity contribution is -0.124. The van der Waals surface area contributed by atoms with E-state index in [1.54, 1.807) is 0 Å². The Balaban J connectivity index is 1.97. The van der Waals surface area contributed by atoms with Gasteiger partial charge < -0.3 is 5.73 Å². The maximum Gasteiger partial charge on any atom is 0.221 e. The van der Waals surface area contributed by atoms with Crippen LogP contribution in [-0.2, 0) is 4.79 Å². The van der Waals surface area contributed by atoms with Crippen LogP contribution in [0.15, 0.2) is 0 Å². The molecule has 1 aliphatic heterocycles. The van der Waals surface area contributed by atoms with Crippen molar-refractivity contribution in [2.75, 3.05) is 6.54 Å². The third kappa shape index (κ3) is 2.57. The Bertz CT molecular complexity index is 248. The molecule has 3 nitrogen and oxygen atoms in total. The summed E-state index contributed by atoms with van der Waals surface area (Å²) in [5.74, 6) is -0.00849. The predicted octanol–water partition coefficient (Wildman–Crippen LogP) is 1.90. The van der Waals surface area contributed by atoms with E-state index in [1.165, 1.54) is 32.1 Å². The van der Waals surface area contributed by atoms with E-state index in [2.05, 4.69) is 11.8 Å². The zero-order valence-electron chi connectivity index (χ0n) is 10.3. The van der Waals surface area contributed by atoms with Gasteiger partial charge in [-0.05, 0) is 32.6 Å². The average molecular weight is 224 g/mol. The smallest absolute Gasteiger partial charge is 0.221 e. The van der Waals surface area contributed by atoms with Gasteiger partial charge in [0.05, 0.1) is 5.92 Å². The molecule has 1 saturated heterocycles. The largest absolute Gasteiger partial charge is 0.369 e. The van der Waals surface area contributed by atoms with Crippen LogP contribution >= 0.6 is 0 Å². The van der Waals surface area contributed by atoms with Gasteiger partial charge in [0, 0.05) is 18.6 Å². The molecule has 2 fully saturated rings. The summed E-state index contributed by atoms with van der Waals surface area (Å²) in [4.78, 5) is 13.8. The van der Waals surface area contributed by atoms with Gasteiger partial charge in [0.15, 0.2) is 0 Å². The maximum atomic E-state index is 11.3. The van der Waals surface area contributed by atoms with Crippen LogP contribution < -0.4 is 5.73 Å². The molecule has 2 atom stereocenters. The van der Waals surface area contributed by atoms with Crippen molar-refractivity contribution in [3.05, 3.63) is 0 Å². The number of rotatable bonds is 2. The topological polar surface area (TPSA) is 46.3 Å². The Morgan fingerprint density at radius 2 is 1.81 bits per heavy atom. The Morgan fingerprint density at radius 3 is 2.44 bits per heavy atom. The number of piperidine rings is 1. The van der Waals surface area contributed by atoms with Gasteiger partial charge >= 0.3 is 0 Å². The summed E-state index contributed by atoms with van der Waals surface area (Å²) < 4.78 is 0. The van der Waals surface area contributed by atoms with Crippen molar-refractivity contribution < 1.29 is 4.79 Å². The molecule has 16 heavy (non-hydrogen) atoms. The molecule has 0 spiro atoms. The van der Waals surface area contributed by atoms with Gasteiger partial charge in [-0.2, -0.15) is 0 Å². The summed E-state index contributed by atoms with van der Waals surface area (Å²) >= 11 is 0. The minimum atomic E-state index is -0.104. The fraction of sp³-hybridized carbons (Fsp3) is 0.923. The summed E-state index contributed by atoms with van der Waals surface area (Å²) in [5, 5.41) is 0. The normalized spacial score (nSPS) is 33.8. The van der Waals surface area contributed by atoms with Crippen molar-refractivity contribution in [1.29, 1.82) is 0 Å². The number of primary amides is 1. The summed E-state index contributed by atoms with van der Waals surface area (Å²) in [7, 11) is 0. The standard InChI is InChI=1S/C13H24N2O/c1-10-7-8-11(13(14)16)9-15(10)12-5-3-2-4-6-12/h10-12H,2-9H2,1H3,(H2,14,16). The second-order valence-corrected chi connectivity index (χ2v) is 5.51. The third-order valence-electron chi connectivity index (χ3n) is 4.38. The average Bonchev–Trinajstić information content (AvgIpc) is 2.30. The second-order valence-electron chi connectivity index (χ2n) is 5.51. The monoisotopic (exact) mass is 224 g/mol. The summed E-state index contributed by atoms with van der Waals surface area (Å²) in [5.41, 5.74) is 5.44.